The van der Waals surface area contributed by atoms with Gasteiger partial charge >= 0.3 is 0 Å². The van der Waals surface area contributed by atoms with E-state index in [1.807, 2.05) is 0 Å². The zero-order valence-electron chi connectivity index (χ0n) is 10.9. The fourth-order valence-electron chi connectivity index (χ4n) is 1.62. The summed E-state index contributed by atoms with van der Waals surface area (Å²) in [7, 11) is -2.26. The average Bonchev–Trinajstić information content (AvgIpc) is 2.43. The highest BCUT2D eigenvalue weighted by Gasteiger charge is 2.17. The Kier molecular flexibility index (Phi) is 4.15. The average molecular weight is 313 g/mol. The van der Waals surface area contributed by atoms with E-state index in [1.54, 1.807) is 25.1 Å². The number of hydrogen-bond donors (Lipinski definition) is 1. The minimum atomic E-state index is -3.71. The third kappa shape index (κ3) is 3.02. The van der Waals surface area contributed by atoms with Crippen molar-refractivity contribution in [2.75, 3.05) is 11.8 Å². The predicted octanol–water partition coefficient (Wildman–Crippen LogP) is 2.85. The summed E-state index contributed by atoms with van der Waals surface area (Å²) in [5.41, 5.74) is 1.08. The lowest BCUT2D eigenvalue weighted by molar-refractivity contribution is 0.417. The van der Waals surface area contributed by atoms with Crippen LogP contribution in [0.3, 0.4) is 0 Å². The fourth-order valence-corrected chi connectivity index (χ4v) is 2.80. The number of nitrogens with one attached hydrogen (secondary N) is 1. The molecule has 0 saturated carbocycles. The zero-order chi connectivity index (χ0) is 14.8. The molecule has 2 aromatic rings. The Bertz CT molecular complexity index is 718. The molecule has 1 heterocycles. The standard InChI is InChI=1S/C13H13ClN2O3S/c1-9-6-12(13(19-2)7-11(9)14)16-20(17,18)10-4-3-5-15-8-10/h3-8,16H,1-2H3. The van der Waals surface area contributed by atoms with Crippen molar-refractivity contribution in [3.63, 3.8) is 0 Å². The topological polar surface area (TPSA) is 68.3 Å². The minimum absolute atomic E-state index is 0.0784. The van der Waals surface area contributed by atoms with Gasteiger partial charge in [-0.05, 0) is 30.7 Å². The Morgan fingerprint density at radius 2 is 2.10 bits per heavy atom. The van der Waals surface area contributed by atoms with Crippen LogP contribution in [0.5, 0.6) is 5.75 Å². The molecule has 0 aliphatic heterocycles. The number of benzene rings is 1. The van der Waals surface area contributed by atoms with Crippen LogP contribution in [0.15, 0.2) is 41.6 Å². The maximum atomic E-state index is 12.2. The Labute approximate surface area is 122 Å². The Morgan fingerprint density at radius 3 is 2.70 bits per heavy atom. The van der Waals surface area contributed by atoms with Gasteiger partial charge in [0.05, 0.1) is 12.8 Å². The first-order valence-corrected chi connectivity index (χ1v) is 7.57. The van der Waals surface area contributed by atoms with Gasteiger partial charge in [-0.2, -0.15) is 0 Å². The van der Waals surface area contributed by atoms with E-state index < -0.39 is 10.0 Å². The molecular weight excluding hydrogens is 300 g/mol. The van der Waals surface area contributed by atoms with Crippen molar-refractivity contribution in [2.45, 2.75) is 11.8 Å². The first kappa shape index (κ1) is 14.6. The van der Waals surface area contributed by atoms with Crippen molar-refractivity contribution in [1.82, 2.24) is 4.98 Å². The van der Waals surface area contributed by atoms with Crippen LogP contribution in [-0.2, 0) is 10.0 Å². The van der Waals surface area contributed by atoms with Gasteiger partial charge in [0.1, 0.15) is 10.6 Å². The summed E-state index contributed by atoms with van der Waals surface area (Å²) < 4.78 is 32.1. The van der Waals surface area contributed by atoms with Crippen LogP contribution in [-0.4, -0.2) is 20.5 Å². The number of methoxy groups -OCH3 is 1. The normalized spacial score (nSPS) is 11.2. The second-order valence-corrected chi connectivity index (χ2v) is 6.19. The lowest BCUT2D eigenvalue weighted by atomic mass is 10.2. The number of nitrogens with zero attached hydrogens (tertiary/aromatic N) is 1. The van der Waals surface area contributed by atoms with E-state index in [4.69, 9.17) is 16.3 Å². The van der Waals surface area contributed by atoms with Gasteiger partial charge in [0, 0.05) is 23.5 Å². The summed E-state index contributed by atoms with van der Waals surface area (Å²) in [4.78, 5) is 3.87. The van der Waals surface area contributed by atoms with E-state index in [2.05, 4.69) is 9.71 Å². The summed E-state index contributed by atoms with van der Waals surface area (Å²) in [5.74, 6) is 0.355. The largest absolute Gasteiger partial charge is 0.495 e. The quantitative estimate of drug-likeness (QED) is 0.942. The van der Waals surface area contributed by atoms with Gasteiger partial charge in [-0.1, -0.05) is 11.6 Å². The molecule has 1 aromatic heterocycles. The third-order valence-corrected chi connectivity index (χ3v) is 4.43. The Balaban J connectivity index is 2.42. The maximum absolute atomic E-state index is 12.2. The molecule has 0 unspecified atom stereocenters. The molecule has 20 heavy (non-hydrogen) atoms. The number of aromatic nitrogens is 1. The molecule has 0 radical (unpaired) electrons. The van der Waals surface area contributed by atoms with E-state index in [0.717, 1.165) is 5.56 Å². The molecule has 0 spiro atoms. The summed E-state index contributed by atoms with van der Waals surface area (Å²) in [6, 6.07) is 6.20. The van der Waals surface area contributed by atoms with Crippen molar-refractivity contribution in [1.29, 1.82) is 0 Å². The molecule has 0 fully saturated rings. The van der Waals surface area contributed by atoms with Gasteiger partial charge < -0.3 is 4.74 Å². The molecule has 0 bridgehead atoms. The van der Waals surface area contributed by atoms with Crippen LogP contribution < -0.4 is 9.46 Å². The number of anilines is 1. The highest BCUT2D eigenvalue weighted by atomic mass is 35.5. The first-order valence-electron chi connectivity index (χ1n) is 5.71. The minimum Gasteiger partial charge on any atom is -0.495 e. The van der Waals surface area contributed by atoms with Crippen molar-refractivity contribution in [3.05, 3.63) is 47.2 Å². The summed E-state index contributed by atoms with van der Waals surface area (Å²) in [6.07, 6.45) is 2.78. The van der Waals surface area contributed by atoms with Gasteiger partial charge in [-0.25, -0.2) is 8.42 Å². The molecule has 5 nitrogen and oxygen atoms in total. The molecule has 7 heteroatoms. The molecule has 0 aliphatic rings. The first-order chi connectivity index (χ1) is 9.44. The number of rotatable bonds is 4. The predicted molar refractivity (Wildman–Crippen MR) is 77.8 cm³/mol. The number of hydrogen-bond acceptors (Lipinski definition) is 4. The maximum Gasteiger partial charge on any atom is 0.263 e. The summed E-state index contributed by atoms with van der Waals surface area (Å²) in [5, 5.41) is 0.506. The molecule has 0 saturated heterocycles. The molecule has 0 amide bonds. The fraction of sp³-hybridized carbons (Fsp3) is 0.154. The molecule has 106 valence electrons. The number of ether oxygens (including phenoxy) is 1. The van der Waals surface area contributed by atoms with Gasteiger partial charge in [-0.15, -0.1) is 0 Å². The third-order valence-electron chi connectivity index (χ3n) is 2.67. The van der Waals surface area contributed by atoms with Crippen LogP contribution in [0.2, 0.25) is 5.02 Å². The molecule has 1 aromatic carbocycles. The van der Waals surface area contributed by atoms with Crippen LogP contribution >= 0.6 is 11.6 Å². The highest BCUT2D eigenvalue weighted by Crippen LogP contribution is 2.32. The summed E-state index contributed by atoms with van der Waals surface area (Å²) in [6.45, 7) is 1.78. The number of halogens is 1. The molecule has 0 atom stereocenters. The van der Waals surface area contributed by atoms with Crippen LogP contribution in [0.25, 0.3) is 0 Å². The number of pyridine rings is 1. The number of sulfonamides is 1. The van der Waals surface area contributed by atoms with Crippen molar-refractivity contribution < 1.29 is 13.2 Å². The van der Waals surface area contributed by atoms with Gasteiger partial charge in [-0.3, -0.25) is 9.71 Å². The molecule has 2 rings (SSSR count). The van der Waals surface area contributed by atoms with Gasteiger partial charge in [0.25, 0.3) is 10.0 Å². The van der Waals surface area contributed by atoms with Crippen LogP contribution in [0, 0.1) is 6.92 Å². The monoisotopic (exact) mass is 312 g/mol. The van der Waals surface area contributed by atoms with Gasteiger partial charge in [0.15, 0.2) is 0 Å². The Morgan fingerprint density at radius 1 is 1.35 bits per heavy atom. The SMILES string of the molecule is COc1cc(Cl)c(C)cc1NS(=O)(=O)c1cccnc1. The smallest absolute Gasteiger partial charge is 0.263 e. The van der Waals surface area contributed by atoms with Crippen LogP contribution in [0.4, 0.5) is 5.69 Å². The van der Waals surface area contributed by atoms with Crippen molar-refractivity contribution >= 4 is 27.3 Å². The molecular formula is C13H13ClN2O3S. The molecule has 1 N–H and O–H groups in total. The zero-order valence-corrected chi connectivity index (χ0v) is 12.5. The molecule has 0 aliphatic carbocycles. The second kappa shape index (κ2) is 5.68. The van der Waals surface area contributed by atoms with E-state index in [9.17, 15) is 8.42 Å². The Hall–Kier alpha value is -1.79. The van der Waals surface area contributed by atoms with E-state index in [0.29, 0.717) is 16.5 Å². The van der Waals surface area contributed by atoms with Crippen LogP contribution in [0.1, 0.15) is 5.56 Å². The highest BCUT2D eigenvalue weighted by molar-refractivity contribution is 7.92. The lowest BCUT2D eigenvalue weighted by Gasteiger charge is -2.13. The van der Waals surface area contributed by atoms with E-state index in [-0.39, 0.29) is 4.90 Å². The van der Waals surface area contributed by atoms with E-state index in [1.165, 1.54) is 25.6 Å². The van der Waals surface area contributed by atoms with Crippen molar-refractivity contribution in [3.8, 4) is 5.75 Å². The van der Waals surface area contributed by atoms with Gasteiger partial charge in [0.2, 0.25) is 0 Å². The summed E-state index contributed by atoms with van der Waals surface area (Å²) >= 11 is 5.99. The van der Waals surface area contributed by atoms with Crippen molar-refractivity contribution in [2.24, 2.45) is 0 Å². The number of aryl methyl sites for hydroxylation is 1. The lowest BCUT2D eigenvalue weighted by Crippen LogP contribution is -2.14. The second-order valence-electron chi connectivity index (χ2n) is 4.10. The van der Waals surface area contributed by atoms with E-state index >= 15 is 0 Å².